The van der Waals surface area contributed by atoms with Crippen LogP contribution in [-0.4, -0.2) is 102 Å². The Morgan fingerprint density at radius 1 is 1.02 bits per heavy atom. The third-order valence-corrected chi connectivity index (χ3v) is 12.6. The molecule has 54 heavy (non-hydrogen) atoms. The molecule has 3 N–H and O–H groups in total. The third kappa shape index (κ3) is 8.62. The number of rotatable bonds is 6. The lowest BCUT2D eigenvalue weighted by molar-refractivity contribution is -0.244. The number of ether oxygens (including phenoxy) is 2. The Bertz CT molecular complexity index is 1800. The van der Waals surface area contributed by atoms with Crippen LogP contribution in [0.25, 0.3) is 0 Å². The summed E-state index contributed by atoms with van der Waals surface area (Å²) in [5.74, 6) is -3.08. The van der Waals surface area contributed by atoms with Gasteiger partial charge in [0.1, 0.15) is 23.7 Å². The fraction of sp³-hybridized carbons (Fsp3) is 0.639. The molecule has 6 rings (SSSR count). The van der Waals surface area contributed by atoms with Gasteiger partial charge >= 0.3 is 18.4 Å². The molecular formula is C36H46F3N5O9S. The van der Waals surface area contributed by atoms with Crippen molar-refractivity contribution in [2.24, 2.45) is 5.92 Å². The standard InChI is InChI=1S/C36H46F3N5O9S/c1-34(2,36(37,38)39)53-32(48)40-27-13-7-5-3-4-6-12-24-19-35(24,31(47)42-54(50,51)26-14-15-26)41-29(45)28-18-25(21-44(28)30(27)46)52-33(49)43-17-16-22-10-8-9-11-23(22)20-43/h6,8-12,24-28H,3-5,7,13-21H2,1-2H3,(H,40,48)(H,41,45)(H,42,47)/b12-6-/t24-,25-,27+,28+,35-/m1/s1. The highest BCUT2D eigenvalue weighted by Gasteiger charge is 2.62. The first-order valence-electron chi connectivity index (χ1n) is 18.3. The molecule has 1 aromatic rings. The zero-order valence-corrected chi connectivity index (χ0v) is 31.0. The highest BCUT2D eigenvalue weighted by atomic mass is 32.2. The van der Waals surface area contributed by atoms with Gasteiger partial charge in [-0.2, -0.15) is 13.2 Å². The van der Waals surface area contributed by atoms with E-state index in [4.69, 9.17) is 9.47 Å². The van der Waals surface area contributed by atoms with Gasteiger partial charge in [0.05, 0.1) is 11.8 Å². The Morgan fingerprint density at radius 2 is 1.74 bits per heavy atom. The Labute approximate surface area is 311 Å². The summed E-state index contributed by atoms with van der Waals surface area (Å²) in [6.07, 6.45) is -1.07. The molecule has 0 bridgehead atoms. The molecular weight excluding hydrogens is 735 g/mol. The average molecular weight is 782 g/mol. The van der Waals surface area contributed by atoms with Gasteiger partial charge in [0, 0.05) is 25.4 Å². The number of nitrogens with one attached hydrogen (secondary N) is 3. The van der Waals surface area contributed by atoms with Gasteiger partial charge in [-0.1, -0.05) is 49.3 Å². The molecule has 2 aliphatic carbocycles. The summed E-state index contributed by atoms with van der Waals surface area (Å²) < 4.78 is 78.8. The lowest BCUT2D eigenvalue weighted by Crippen LogP contribution is -2.58. The number of fused-ring (bicyclic) bond motifs is 3. The maximum absolute atomic E-state index is 14.3. The van der Waals surface area contributed by atoms with Crippen LogP contribution in [0.2, 0.25) is 0 Å². The highest BCUT2D eigenvalue weighted by Crippen LogP contribution is 2.46. The number of carbonyl (C=O) groups excluding carboxylic acids is 5. The van der Waals surface area contributed by atoms with E-state index in [1.165, 1.54) is 4.90 Å². The first-order valence-corrected chi connectivity index (χ1v) is 19.9. The number of carbonyl (C=O) groups is 5. The lowest BCUT2D eigenvalue weighted by atomic mass is 10.0. The molecule has 0 unspecified atom stereocenters. The predicted molar refractivity (Wildman–Crippen MR) is 186 cm³/mol. The van der Waals surface area contributed by atoms with Gasteiger partial charge in [0.25, 0.3) is 5.91 Å². The zero-order chi connectivity index (χ0) is 39.1. The van der Waals surface area contributed by atoms with Crippen LogP contribution in [0.15, 0.2) is 36.4 Å². The van der Waals surface area contributed by atoms with Gasteiger partial charge in [-0.15, -0.1) is 0 Å². The summed E-state index contributed by atoms with van der Waals surface area (Å²) in [5.41, 5.74) is -2.46. The minimum Gasteiger partial charge on any atom is -0.444 e. The summed E-state index contributed by atoms with van der Waals surface area (Å²) in [7, 11) is -3.97. The largest absolute Gasteiger partial charge is 0.444 e. The molecule has 1 saturated heterocycles. The van der Waals surface area contributed by atoms with Crippen molar-refractivity contribution in [2.75, 3.05) is 13.1 Å². The number of halogens is 3. The smallest absolute Gasteiger partial charge is 0.427 e. The number of hydrogen-bond acceptors (Lipinski definition) is 9. The molecule has 1 aromatic carbocycles. The quantitative estimate of drug-likeness (QED) is 0.364. The maximum Gasteiger partial charge on any atom is 0.427 e. The van der Waals surface area contributed by atoms with Crippen molar-refractivity contribution in [3.05, 3.63) is 47.5 Å². The van der Waals surface area contributed by atoms with Crippen molar-refractivity contribution in [2.45, 2.75) is 125 Å². The Morgan fingerprint density at radius 3 is 2.44 bits per heavy atom. The van der Waals surface area contributed by atoms with Crippen LogP contribution >= 0.6 is 0 Å². The average Bonchev–Trinajstić information content (AvgIpc) is 4.03. The fourth-order valence-electron chi connectivity index (χ4n) is 7.18. The molecule has 5 aliphatic rings. The van der Waals surface area contributed by atoms with Crippen LogP contribution < -0.4 is 15.4 Å². The predicted octanol–water partition coefficient (Wildman–Crippen LogP) is 3.59. The molecule has 5 amide bonds. The van der Waals surface area contributed by atoms with E-state index in [1.807, 2.05) is 30.3 Å². The summed E-state index contributed by atoms with van der Waals surface area (Å²) in [5, 5.41) is 4.29. The SMILES string of the molecule is CC(C)(OC(=O)N[C@H]1CCCCC/C=C\[C@@H]2C[C@@]2(C(=O)NS(=O)(=O)C2CC2)NC(=O)[C@@H]2C[C@@H](OC(=O)N3CCc4ccccc4C3)CN2C1=O)C(F)(F)F. The Hall–Kier alpha value is -4.35. The number of benzene rings is 1. The molecule has 3 fully saturated rings. The number of nitrogens with zero attached hydrogens (tertiary/aromatic N) is 2. The lowest BCUT2D eigenvalue weighted by Gasteiger charge is -2.31. The van der Waals surface area contributed by atoms with Gasteiger partial charge < -0.3 is 29.9 Å². The maximum atomic E-state index is 14.3. The van der Waals surface area contributed by atoms with Crippen molar-refractivity contribution < 1.29 is 55.0 Å². The normalized spacial score (nSPS) is 28.5. The van der Waals surface area contributed by atoms with Crippen LogP contribution in [0.4, 0.5) is 22.8 Å². The van der Waals surface area contributed by atoms with E-state index < -0.39 is 86.6 Å². The second kappa shape index (κ2) is 15.1. The van der Waals surface area contributed by atoms with Gasteiger partial charge in [-0.3, -0.25) is 19.1 Å². The monoisotopic (exact) mass is 781 g/mol. The van der Waals surface area contributed by atoms with Crippen LogP contribution in [0.1, 0.15) is 82.8 Å². The van der Waals surface area contributed by atoms with Crippen molar-refractivity contribution in [1.82, 2.24) is 25.2 Å². The Balaban J connectivity index is 1.25. The van der Waals surface area contributed by atoms with Gasteiger partial charge in [0.2, 0.25) is 27.4 Å². The molecule has 0 aromatic heterocycles. The number of hydrogen-bond donors (Lipinski definition) is 3. The molecule has 5 atom stereocenters. The minimum absolute atomic E-state index is 0.000564. The van der Waals surface area contributed by atoms with Gasteiger partial charge in [-0.25, -0.2) is 18.0 Å². The van der Waals surface area contributed by atoms with E-state index in [-0.39, 0.29) is 32.4 Å². The van der Waals surface area contributed by atoms with Crippen LogP contribution in [0, 0.1) is 5.92 Å². The molecule has 0 spiro atoms. The van der Waals surface area contributed by atoms with Crippen LogP contribution in [-0.2, 0) is 46.8 Å². The van der Waals surface area contributed by atoms with Crippen LogP contribution in [0.3, 0.4) is 0 Å². The van der Waals surface area contributed by atoms with Crippen molar-refractivity contribution >= 4 is 39.9 Å². The second-order valence-electron chi connectivity index (χ2n) is 15.3. The summed E-state index contributed by atoms with van der Waals surface area (Å²) >= 11 is 0. The van der Waals surface area contributed by atoms with E-state index in [0.717, 1.165) is 16.0 Å². The van der Waals surface area contributed by atoms with Crippen molar-refractivity contribution in [3.8, 4) is 0 Å². The number of alkyl halides is 3. The Kier molecular flexibility index (Phi) is 11.0. The van der Waals surface area contributed by atoms with Gasteiger partial charge in [0.15, 0.2) is 0 Å². The first-order chi connectivity index (χ1) is 25.4. The van der Waals surface area contributed by atoms with E-state index in [0.29, 0.717) is 65.3 Å². The summed E-state index contributed by atoms with van der Waals surface area (Å²) in [4.78, 5) is 70.9. The van der Waals surface area contributed by atoms with Crippen LogP contribution in [0.5, 0.6) is 0 Å². The van der Waals surface area contributed by atoms with Crippen molar-refractivity contribution in [3.63, 3.8) is 0 Å². The highest BCUT2D eigenvalue weighted by molar-refractivity contribution is 7.91. The number of sulfonamides is 1. The van der Waals surface area contributed by atoms with E-state index >= 15 is 0 Å². The topological polar surface area (TPSA) is 181 Å². The second-order valence-corrected chi connectivity index (χ2v) is 17.3. The minimum atomic E-state index is -4.91. The molecule has 0 radical (unpaired) electrons. The van der Waals surface area contributed by atoms with E-state index in [9.17, 15) is 45.6 Å². The molecule has 14 nitrogen and oxygen atoms in total. The van der Waals surface area contributed by atoms with Crippen molar-refractivity contribution in [1.29, 1.82) is 0 Å². The fourth-order valence-corrected chi connectivity index (χ4v) is 8.54. The molecule has 296 valence electrons. The van der Waals surface area contributed by atoms with Gasteiger partial charge in [-0.05, 0) is 69.9 Å². The molecule has 3 aliphatic heterocycles. The summed E-state index contributed by atoms with van der Waals surface area (Å²) in [6, 6.07) is 4.88. The molecule has 18 heteroatoms. The number of alkyl carbamates (subject to hydrolysis) is 1. The number of amides is 5. The number of allylic oxidation sites excluding steroid dienone is 1. The first kappa shape index (κ1) is 39.3. The van der Waals surface area contributed by atoms with E-state index in [2.05, 4.69) is 15.4 Å². The third-order valence-electron chi connectivity index (χ3n) is 10.8. The molecule has 2 saturated carbocycles. The van der Waals surface area contributed by atoms with E-state index in [1.54, 1.807) is 6.08 Å². The summed E-state index contributed by atoms with van der Waals surface area (Å²) in [6.45, 7) is 1.70. The molecule has 3 heterocycles. The zero-order valence-electron chi connectivity index (χ0n) is 30.2.